The zero-order valence-electron chi connectivity index (χ0n) is 9.91. The number of nitrogens with two attached hydrogens (primary N) is 1. The molecule has 0 fully saturated rings. The number of hydrogen-bond acceptors (Lipinski definition) is 2. The van der Waals surface area contributed by atoms with Crippen molar-refractivity contribution < 1.29 is 9.13 Å². The van der Waals surface area contributed by atoms with Crippen LogP contribution >= 0.6 is 15.9 Å². The third-order valence-electron chi connectivity index (χ3n) is 2.56. The maximum absolute atomic E-state index is 13.4. The van der Waals surface area contributed by atoms with Gasteiger partial charge in [0.05, 0.1) is 4.47 Å². The summed E-state index contributed by atoms with van der Waals surface area (Å²) in [5.74, 6) is 0.768. The molecular weight excluding hydrogens is 297 g/mol. The largest absolute Gasteiger partial charge is 0.457 e. The molecule has 0 heterocycles. The van der Waals surface area contributed by atoms with Crippen molar-refractivity contribution in [1.82, 2.24) is 0 Å². The smallest absolute Gasteiger partial charge is 0.141 e. The number of rotatable bonds is 3. The van der Waals surface area contributed by atoms with E-state index in [0.29, 0.717) is 22.5 Å². The first kappa shape index (κ1) is 13.1. The summed E-state index contributed by atoms with van der Waals surface area (Å²) in [4.78, 5) is 0. The zero-order chi connectivity index (χ0) is 13.1. The van der Waals surface area contributed by atoms with E-state index in [-0.39, 0.29) is 5.82 Å². The van der Waals surface area contributed by atoms with Gasteiger partial charge in [0.1, 0.15) is 17.3 Å². The molecule has 2 nitrogen and oxygen atoms in total. The maximum Gasteiger partial charge on any atom is 0.141 e. The lowest BCUT2D eigenvalue weighted by Gasteiger charge is -2.11. The van der Waals surface area contributed by atoms with Crippen LogP contribution in [-0.2, 0) is 6.54 Å². The first-order chi connectivity index (χ1) is 8.60. The van der Waals surface area contributed by atoms with Crippen LogP contribution in [-0.4, -0.2) is 0 Å². The van der Waals surface area contributed by atoms with Crippen LogP contribution in [0.4, 0.5) is 4.39 Å². The average molecular weight is 310 g/mol. The molecule has 0 aliphatic carbocycles. The minimum absolute atomic E-state index is 0.352. The third kappa shape index (κ3) is 2.89. The molecule has 0 saturated carbocycles. The molecule has 2 N–H and O–H groups in total. The van der Waals surface area contributed by atoms with E-state index < -0.39 is 0 Å². The van der Waals surface area contributed by atoms with Gasteiger partial charge in [0, 0.05) is 18.2 Å². The quantitative estimate of drug-likeness (QED) is 0.924. The Morgan fingerprint density at radius 2 is 2.00 bits per heavy atom. The Morgan fingerprint density at radius 3 is 2.67 bits per heavy atom. The van der Waals surface area contributed by atoms with Crippen LogP contribution in [0.25, 0.3) is 0 Å². The topological polar surface area (TPSA) is 35.2 Å². The molecule has 0 radical (unpaired) electrons. The summed E-state index contributed by atoms with van der Waals surface area (Å²) >= 11 is 3.10. The minimum atomic E-state index is -0.352. The summed E-state index contributed by atoms with van der Waals surface area (Å²) in [5, 5.41) is 0. The van der Waals surface area contributed by atoms with Crippen molar-refractivity contribution in [3.05, 3.63) is 57.8 Å². The van der Waals surface area contributed by atoms with Gasteiger partial charge in [0.2, 0.25) is 0 Å². The van der Waals surface area contributed by atoms with E-state index in [9.17, 15) is 4.39 Å². The van der Waals surface area contributed by atoms with Crippen LogP contribution in [0, 0.1) is 12.7 Å². The molecule has 0 saturated heterocycles. The molecule has 0 aromatic heterocycles. The molecule has 94 valence electrons. The summed E-state index contributed by atoms with van der Waals surface area (Å²) in [5.41, 5.74) is 7.61. The molecule has 18 heavy (non-hydrogen) atoms. The van der Waals surface area contributed by atoms with Gasteiger partial charge in [-0.15, -0.1) is 0 Å². The number of ether oxygens (including phenoxy) is 1. The second-order valence-corrected chi connectivity index (χ2v) is 4.85. The lowest BCUT2D eigenvalue weighted by molar-refractivity contribution is 0.470. The summed E-state index contributed by atoms with van der Waals surface area (Å²) < 4.78 is 19.5. The molecule has 0 aliphatic heterocycles. The number of hydrogen-bond donors (Lipinski definition) is 1. The SMILES string of the molecule is Cc1ccc(CN)c(Oc2ccc(Br)c(F)c2)c1. The van der Waals surface area contributed by atoms with E-state index in [1.165, 1.54) is 6.07 Å². The van der Waals surface area contributed by atoms with Gasteiger partial charge in [0.25, 0.3) is 0 Å². The van der Waals surface area contributed by atoms with Gasteiger partial charge >= 0.3 is 0 Å². The molecule has 0 amide bonds. The number of aryl methyl sites for hydroxylation is 1. The Labute approximate surface area is 114 Å². The van der Waals surface area contributed by atoms with Crippen molar-refractivity contribution >= 4 is 15.9 Å². The number of benzene rings is 2. The lowest BCUT2D eigenvalue weighted by Crippen LogP contribution is -1.99. The van der Waals surface area contributed by atoms with Gasteiger partial charge in [-0.25, -0.2) is 4.39 Å². The highest BCUT2D eigenvalue weighted by Gasteiger charge is 2.06. The van der Waals surface area contributed by atoms with E-state index in [2.05, 4.69) is 15.9 Å². The van der Waals surface area contributed by atoms with Crippen molar-refractivity contribution in [1.29, 1.82) is 0 Å². The van der Waals surface area contributed by atoms with Crippen LogP contribution in [0.2, 0.25) is 0 Å². The monoisotopic (exact) mass is 309 g/mol. The first-order valence-electron chi connectivity index (χ1n) is 5.52. The molecule has 2 aromatic carbocycles. The zero-order valence-corrected chi connectivity index (χ0v) is 11.5. The average Bonchev–Trinajstić information content (AvgIpc) is 2.34. The maximum atomic E-state index is 13.4. The second-order valence-electron chi connectivity index (χ2n) is 3.99. The minimum Gasteiger partial charge on any atom is -0.457 e. The molecule has 0 spiro atoms. The fourth-order valence-corrected chi connectivity index (χ4v) is 1.84. The summed E-state index contributed by atoms with van der Waals surface area (Å²) in [6.45, 7) is 2.35. The highest BCUT2D eigenvalue weighted by molar-refractivity contribution is 9.10. The Kier molecular flexibility index (Phi) is 3.99. The van der Waals surface area contributed by atoms with E-state index in [4.69, 9.17) is 10.5 Å². The van der Waals surface area contributed by atoms with Crippen molar-refractivity contribution in [2.75, 3.05) is 0 Å². The summed E-state index contributed by atoms with van der Waals surface area (Å²) in [7, 11) is 0. The Morgan fingerprint density at radius 1 is 1.22 bits per heavy atom. The standard InChI is InChI=1S/C14H13BrFNO/c1-9-2-3-10(8-17)14(6-9)18-11-4-5-12(15)13(16)7-11/h2-7H,8,17H2,1H3. The van der Waals surface area contributed by atoms with Gasteiger partial charge in [-0.05, 0) is 46.6 Å². The van der Waals surface area contributed by atoms with Crippen LogP contribution in [0.5, 0.6) is 11.5 Å². The van der Waals surface area contributed by atoms with Gasteiger partial charge in [0.15, 0.2) is 0 Å². The van der Waals surface area contributed by atoms with Crippen LogP contribution < -0.4 is 10.5 Å². The predicted molar refractivity (Wildman–Crippen MR) is 73.2 cm³/mol. The van der Waals surface area contributed by atoms with Crippen LogP contribution in [0.15, 0.2) is 40.9 Å². The van der Waals surface area contributed by atoms with Crippen LogP contribution in [0.1, 0.15) is 11.1 Å². The van der Waals surface area contributed by atoms with E-state index in [0.717, 1.165) is 11.1 Å². The van der Waals surface area contributed by atoms with E-state index >= 15 is 0 Å². The second kappa shape index (κ2) is 5.50. The Balaban J connectivity index is 2.33. The molecule has 0 bridgehead atoms. The molecular formula is C14H13BrFNO. The fourth-order valence-electron chi connectivity index (χ4n) is 1.59. The highest BCUT2D eigenvalue weighted by atomic mass is 79.9. The first-order valence-corrected chi connectivity index (χ1v) is 6.32. The summed E-state index contributed by atoms with van der Waals surface area (Å²) in [6.07, 6.45) is 0. The van der Waals surface area contributed by atoms with Crippen molar-refractivity contribution in [3.63, 3.8) is 0 Å². The van der Waals surface area contributed by atoms with Crippen LogP contribution in [0.3, 0.4) is 0 Å². The Hall–Kier alpha value is -1.39. The van der Waals surface area contributed by atoms with Gasteiger partial charge < -0.3 is 10.5 Å². The molecule has 0 unspecified atom stereocenters. The summed E-state index contributed by atoms with van der Waals surface area (Å²) in [6, 6.07) is 10.4. The number of halogens is 2. The molecule has 4 heteroatoms. The fraction of sp³-hybridized carbons (Fsp3) is 0.143. The van der Waals surface area contributed by atoms with Gasteiger partial charge in [-0.3, -0.25) is 0 Å². The normalized spacial score (nSPS) is 10.4. The highest BCUT2D eigenvalue weighted by Crippen LogP contribution is 2.28. The van der Waals surface area contributed by atoms with E-state index in [1.807, 2.05) is 25.1 Å². The third-order valence-corrected chi connectivity index (χ3v) is 3.20. The molecule has 2 aromatic rings. The van der Waals surface area contributed by atoms with Crippen molar-refractivity contribution in [2.24, 2.45) is 5.73 Å². The van der Waals surface area contributed by atoms with Gasteiger partial charge in [-0.2, -0.15) is 0 Å². The lowest BCUT2D eigenvalue weighted by atomic mass is 10.1. The van der Waals surface area contributed by atoms with E-state index in [1.54, 1.807) is 12.1 Å². The molecule has 0 atom stereocenters. The Bertz CT molecular complexity index is 572. The van der Waals surface area contributed by atoms with Crippen molar-refractivity contribution in [2.45, 2.75) is 13.5 Å². The molecule has 0 aliphatic rings. The predicted octanol–water partition coefficient (Wildman–Crippen LogP) is 4.15. The van der Waals surface area contributed by atoms with Gasteiger partial charge in [-0.1, -0.05) is 12.1 Å². The van der Waals surface area contributed by atoms with Crippen molar-refractivity contribution in [3.8, 4) is 11.5 Å². The molecule has 2 rings (SSSR count).